The number of methoxy groups -OCH3 is 2. The molecule has 0 spiro atoms. The van der Waals surface area contributed by atoms with E-state index in [9.17, 15) is 4.79 Å². The summed E-state index contributed by atoms with van der Waals surface area (Å²) in [5.41, 5.74) is 1.34. The van der Waals surface area contributed by atoms with Gasteiger partial charge in [0.15, 0.2) is 6.73 Å². The van der Waals surface area contributed by atoms with Gasteiger partial charge in [-0.3, -0.25) is 9.69 Å². The molecule has 0 radical (unpaired) electrons. The van der Waals surface area contributed by atoms with Gasteiger partial charge in [0.1, 0.15) is 28.6 Å². The molecule has 0 aromatic heterocycles. The summed E-state index contributed by atoms with van der Waals surface area (Å²) in [5, 5.41) is 0. The zero-order valence-corrected chi connectivity index (χ0v) is 18.7. The topological polar surface area (TPSA) is 69.7 Å². The van der Waals surface area contributed by atoms with Gasteiger partial charge in [0.25, 0.3) is 5.91 Å². The lowest BCUT2D eigenvalue weighted by molar-refractivity contribution is 0.0355. The quantitative estimate of drug-likeness (QED) is 0.553. The summed E-state index contributed by atoms with van der Waals surface area (Å²) < 4.78 is 28.0. The molecule has 8 nitrogen and oxygen atoms in total. The fourth-order valence-electron chi connectivity index (χ4n) is 3.93. The van der Waals surface area contributed by atoms with Crippen molar-refractivity contribution >= 4 is 5.91 Å². The lowest BCUT2D eigenvalue weighted by atomic mass is 10.1. The van der Waals surface area contributed by atoms with E-state index in [2.05, 4.69) is 4.90 Å². The number of hydrogen-bond donors (Lipinski definition) is 0. The largest absolute Gasteiger partial charge is 0.497 e. The summed E-state index contributed by atoms with van der Waals surface area (Å²) in [5.74, 6) is 2.35. The van der Waals surface area contributed by atoms with E-state index < -0.39 is 0 Å². The first kappa shape index (κ1) is 22.2. The molecule has 1 fully saturated rings. The van der Waals surface area contributed by atoms with Crippen LogP contribution in [0.1, 0.15) is 22.3 Å². The second-order valence-corrected chi connectivity index (χ2v) is 7.74. The molecule has 2 aliphatic heterocycles. The Balaban J connectivity index is 1.42. The normalized spacial score (nSPS) is 16.3. The maximum atomic E-state index is 13.3. The molecule has 2 aromatic carbocycles. The van der Waals surface area contributed by atoms with Crippen molar-refractivity contribution in [2.45, 2.75) is 13.0 Å². The first-order valence-corrected chi connectivity index (χ1v) is 10.9. The third-order valence-corrected chi connectivity index (χ3v) is 5.70. The molecule has 2 aliphatic rings. The number of nitrogens with zero attached hydrogens (tertiary/aromatic N) is 2. The second kappa shape index (κ2) is 10.6. The number of hydrogen-bond acceptors (Lipinski definition) is 7. The molecule has 1 saturated heterocycles. The van der Waals surface area contributed by atoms with Crippen molar-refractivity contribution in [1.82, 2.24) is 9.80 Å². The van der Waals surface area contributed by atoms with Crippen molar-refractivity contribution in [3.63, 3.8) is 0 Å². The maximum Gasteiger partial charge on any atom is 0.264 e. The van der Waals surface area contributed by atoms with Crippen molar-refractivity contribution in [3.8, 4) is 23.0 Å². The highest BCUT2D eigenvalue weighted by molar-refractivity contribution is 6.00. The van der Waals surface area contributed by atoms with Gasteiger partial charge in [0.05, 0.1) is 40.6 Å². The molecule has 32 heavy (non-hydrogen) atoms. The molecule has 0 bridgehead atoms. The highest BCUT2D eigenvalue weighted by Crippen LogP contribution is 2.34. The molecule has 172 valence electrons. The predicted octanol–water partition coefficient (Wildman–Crippen LogP) is 2.80. The van der Waals surface area contributed by atoms with Crippen LogP contribution in [-0.4, -0.2) is 76.1 Å². The summed E-state index contributed by atoms with van der Waals surface area (Å²) in [6.45, 7) is 5.49. The molecule has 0 aliphatic carbocycles. The van der Waals surface area contributed by atoms with Crippen LogP contribution in [0.25, 0.3) is 0 Å². The zero-order chi connectivity index (χ0) is 22.3. The molecule has 4 rings (SSSR count). The highest BCUT2D eigenvalue weighted by atomic mass is 16.5. The lowest BCUT2D eigenvalue weighted by Crippen LogP contribution is -2.38. The Labute approximate surface area is 188 Å². The van der Waals surface area contributed by atoms with Gasteiger partial charge in [-0.2, -0.15) is 0 Å². The maximum absolute atomic E-state index is 13.3. The van der Waals surface area contributed by atoms with Crippen LogP contribution in [0, 0.1) is 0 Å². The number of ether oxygens (including phenoxy) is 5. The van der Waals surface area contributed by atoms with Crippen LogP contribution in [0.3, 0.4) is 0 Å². The fraction of sp³-hybridized carbons (Fsp3) is 0.458. The lowest BCUT2D eigenvalue weighted by Gasteiger charge is -2.30. The molecule has 0 atom stereocenters. The second-order valence-electron chi connectivity index (χ2n) is 7.74. The van der Waals surface area contributed by atoms with E-state index in [1.54, 1.807) is 25.2 Å². The van der Waals surface area contributed by atoms with Crippen molar-refractivity contribution in [2.24, 2.45) is 0 Å². The Kier molecular flexibility index (Phi) is 7.34. The Morgan fingerprint density at radius 3 is 2.66 bits per heavy atom. The molecule has 0 unspecified atom stereocenters. The Morgan fingerprint density at radius 1 is 1.03 bits per heavy atom. The van der Waals surface area contributed by atoms with Crippen LogP contribution >= 0.6 is 0 Å². The monoisotopic (exact) mass is 442 g/mol. The summed E-state index contributed by atoms with van der Waals surface area (Å²) in [4.78, 5) is 17.3. The van der Waals surface area contributed by atoms with Gasteiger partial charge in [0, 0.05) is 31.3 Å². The van der Waals surface area contributed by atoms with Crippen molar-refractivity contribution in [3.05, 3.63) is 47.5 Å². The molecular weight excluding hydrogens is 412 g/mol. The summed E-state index contributed by atoms with van der Waals surface area (Å²) in [6.07, 6.45) is 0.880. The average molecular weight is 443 g/mol. The molecule has 2 aromatic rings. The van der Waals surface area contributed by atoms with Gasteiger partial charge >= 0.3 is 0 Å². The number of carbonyl (C=O) groups excluding carboxylic acids is 1. The third kappa shape index (κ3) is 5.08. The Hall–Kier alpha value is -2.97. The van der Waals surface area contributed by atoms with Gasteiger partial charge in [-0.25, -0.2) is 0 Å². The van der Waals surface area contributed by atoms with Gasteiger partial charge in [-0.05, 0) is 30.7 Å². The minimum atomic E-state index is -0.118. The van der Waals surface area contributed by atoms with Gasteiger partial charge < -0.3 is 28.6 Å². The van der Waals surface area contributed by atoms with Crippen LogP contribution in [0.2, 0.25) is 0 Å². The van der Waals surface area contributed by atoms with Gasteiger partial charge in [-0.15, -0.1) is 0 Å². The average Bonchev–Trinajstić information content (AvgIpc) is 2.84. The minimum absolute atomic E-state index is 0.118. The molecule has 1 amide bonds. The summed E-state index contributed by atoms with van der Waals surface area (Å²) >= 11 is 0. The molecule has 0 saturated carbocycles. The number of morpholine rings is 1. The van der Waals surface area contributed by atoms with E-state index in [0.29, 0.717) is 41.7 Å². The van der Waals surface area contributed by atoms with Crippen molar-refractivity contribution in [1.29, 1.82) is 0 Å². The summed E-state index contributed by atoms with van der Waals surface area (Å²) in [6, 6.07) is 11.0. The molecular formula is C24H30N2O6. The van der Waals surface area contributed by atoms with Gasteiger partial charge in [0.2, 0.25) is 0 Å². The summed E-state index contributed by atoms with van der Waals surface area (Å²) in [7, 11) is 3.21. The van der Waals surface area contributed by atoms with E-state index in [4.69, 9.17) is 23.7 Å². The first-order valence-electron chi connectivity index (χ1n) is 10.9. The smallest absolute Gasteiger partial charge is 0.264 e. The molecule has 0 N–H and O–H groups in total. The van der Waals surface area contributed by atoms with E-state index in [-0.39, 0.29) is 12.6 Å². The van der Waals surface area contributed by atoms with E-state index in [1.807, 2.05) is 30.3 Å². The van der Waals surface area contributed by atoms with Crippen LogP contribution in [0.15, 0.2) is 36.4 Å². The molecule has 8 heteroatoms. The SMILES string of the molecule is COc1ccc(CN2COc3cccc(OCCCN4CCOCC4)c3C2=O)c(OC)c1. The number of rotatable bonds is 9. The van der Waals surface area contributed by atoms with Crippen LogP contribution in [0.5, 0.6) is 23.0 Å². The van der Waals surface area contributed by atoms with E-state index in [0.717, 1.165) is 44.8 Å². The van der Waals surface area contributed by atoms with Gasteiger partial charge in [-0.1, -0.05) is 6.07 Å². The number of benzene rings is 2. The van der Waals surface area contributed by atoms with Crippen LogP contribution in [-0.2, 0) is 11.3 Å². The Bertz CT molecular complexity index is 929. The Morgan fingerprint density at radius 2 is 1.88 bits per heavy atom. The first-order chi connectivity index (χ1) is 15.7. The van der Waals surface area contributed by atoms with E-state index in [1.165, 1.54) is 0 Å². The number of carbonyl (C=O) groups is 1. The molecule has 2 heterocycles. The number of amides is 1. The van der Waals surface area contributed by atoms with E-state index >= 15 is 0 Å². The highest BCUT2D eigenvalue weighted by Gasteiger charge is 2.30. The third-order valence-electron chi connectivity index (χ3n) is 5.70. The minimum Gasteiger partial charge on any atom is -0.497 e. The number of fused-ring (bicyclic) bond motifs is 1. The predicted molar refractivity (Wildman–Crippen MR) is 119 cm³/mol. The van der Waals surface area contributed by atoms with Crippen LogP contribution < -0.4 is 18.9 Å². The fourth-order valence-corrected chi connectivity index (χ4v) is 3.93. The van der Waals surface area contributed by atoms with Crippen molar-refractivity contribution < 1.29 is 28.5 Å². The standard InChI is InChI=1S/C24H30N2O6/c1-28-19-8-7-18(22(15-19)29-2)16-26-17-32-21-6-3-5-20(23(21)24(26)27)31-12-4-9-25-10-13-30-14-11-25/h3,5-8,15H,4,9-14,16-17H2,1-2H3. The van der Waals surface area contributed by atoms with Crippen LogP contribution in [0.4, 0.5) is 0 Å². The zero-order valence-electron chi connectivity index (χ0n) is 18.7. The van der Waals surface area contributed by atoms with Crippen molar-refractivity contribution in [2.75, 3.05) is 60.4 Å².